The Morgan fingerprint density at radius 3 is 1.11 bits per heavy atom. The van der Waals surface area contributed by atoms with E-state index in [2.05, 4.69) is 42.7 Å². The second kappa shape index (κ2) is 2.92. The van der Waals surface area contributed by atoms with E-state index in [-0.39, 0.29) is 0 Å². The highest BCUT2D eigenvalue weighted by molar-refractivity contribution is 7.29. The fraction of sp³-hybridized carbons (Fsp3) is 0. The molecule has 0 spiro atoms. The lowest BCUT2D eigenvalue weighted by molar-refractivity contribution is 1.20. The van der Waals surface area contributed by atoms with Gasteiger partial charge in [0.25, 0.3) is 0 Å². The first-order valence-corrected chi connectivity index (χ1v) is 3.94. The number of nitrogens with zero attached hydrogens (tertiary/aromatic N) is 3. The molecular formula is C3H6N3P3. The summed E-state index contributed by atoms with van der Waals surface area (Å²) in [6, 6.07) is 0. The van der Waals surface area contributed by atoms with Gasteiger partial charge in [-0.05, 0) is 0 Å². The van der Waals surface area contributed by atoms with E-state index in [1.165, 1.54) is 0 Å². The van der Waals surface area contributed by atoms with Crippen molar-refractivity contribution in [3.63, 3.8) is 0 Å². The van der Waals surface area contributed by atoms with Gasteiger partial charge in [0.1, 0.15) is 16.7 Å². The summed E-state index contributed by atoms with van der Waals surface area (Å²) in [6.07, 6.45) is 0. The van der Waals surface area contributed by atoms with Crippen molar-refractivity contribution < 1.29 is 0 Å². The van der Waals surface area contributed by atoms with Crippen LogP contribution >= 0.6 is 27.7 Å². The van der Waals surface area contributed by atoms with Gasteiger partial charge in [-0.25, -0.2) is 15.0 Å². The standard InChI is InChI=1S/C3H6N3P3/c7-1-4-2(8)6-3(9)5-1/h7-9H2. The smallest absolute Gasteiger partial charge is 0.149 e. The second-order valence-corrected chi connectivity index (χ2v) is 2.96. The molecule has 0 fully saturated rings. The molecule has 3 atom stereocenters. The van der Waals surface area contributed by atoms with E-state index in [1.807, 2.05) is 0 Å². The van der Waals surface area contributed by atoms with E-state index >= 15 is 0 Å². The van der Waals surface area contributed by atoms with Crippen LogP contribution in [-0.4, -0.2) is 15.0 Å². The van der Waals surface area contributed by atoms with E-state index < -0.39 is 0 Å². The third-order valence-corrected chi connectivity index (χ3v) is 1.46. The number of rotatable bonds is 0. The summed E-state index contributed by atoms with van der Waals surface area (Å²) < 4.78 is 0. The molecule has 9 heavy (non-hydrogen) atoms. The Kier molecular flexibility index (Phi) is 2.41. The first-order chi connectivity index (χ1) is 4.18. The van der Waals surface area contributed by atoms with Crippen LogP contribution in [0.15, 0.2) is 0 Å². The van der Waals surface area contributed by atoms with Gasteiger partial charge in [-0.2, -0.15) is 0 Å². The van der Waals surface area contributed by atoms with Crippen molar-refractivity contribution >= 4 is 44.4 Å². The van der Waals surface area contributed by atoms with Gasteiger partial charge in [0.15, 0.2) is 0 Å². The largest absolute Gasteiger partial charge is 0.210 e. The summed E-state index contributed by atoms with van der Waals surface area (Å²) in [5, 5.41) is 0. The van der Waals surface area contributed by atoms with Gasteiger partial charge >= 0.3 is 0 Å². The molecule has 0 amide bonds. The van der Waals surface area contributed by atoms with Crippen molar-refractivity contribution in [1.82, 2.24) is 15.0 Å². The topological polar surface area (TPSA) is 38.7 Å². The maximum absolute atomic E-state index is 3.92. The normalized spacial score (nSPS) is 9.67. The average Bonchev–Trinajstić information content (AvgIpc) is 1.59. The van der Waals surface area contributed by atoms with Gasteiger partial charge in [-0.15, -0.1) is 0 Å². The van der Waals surface area contributed by atoms with Gasteiger partial charge < -0.3 is 0 Å². The Labute approximate surface area is 60.1 Å². The lowest BCUT2D eigenvalue weighted by Crippen LogP contribution is -2.25. The summed E-state index contributed by atoms with van der Waals surface area (Å²) in [4.78, 5) is 11.8. The van der Waals surface area contributed by atoms with Crippen molar-refractivity contribution in [2.24, 2.45) is 0 Å². The van der Waals surface area contributed by atoms with Crippen LogP contribution in [0.5, 0.6) is 0 Å². The monoisotopic (exact) mass is 177 g/mol. The molecule has 0 aromatic carbocycles. The molecule has 1 aromatic heterocycles. The lowest BCUT2D eigenvalue weighted by Gasteiger charge is -1.93. The van der Waals surface area contributed by atoms with Gasteiger partial charge in [-0.3, -0.25) is 0 Å². The molecule has 6 heteroatoms. The maximum atomic E-state index is 3.92. The average molecular weight is 177 g/mol. The van der Waals surface area contributed by atoms with Crippen LogP contribution in [0.25, 0.3) is 0 Å². The molecule has 0 aliphatic rings. The van der Waals surface area contributed by atoms with Crippen LogP contribution < -0.4 is 16.7 Å². The van der Waals surface area contributed by atoms with Crippen LogP contribution in [0.2, 0.25) is 0 Å². The molecule has 0 saturated carbocycles. The minimum atomic E-state index is 0.667. The fourth-order valence-electron chi connectivity index (χ4n) is 0.427. The van der Waals surface area contributed by atoms with E-state index in [0.29, 0.717) is 16.7 Å². The molecule has 0 saturated heterocycles. The SMILES string of the molecule is Pc1nc(P)nc(P)n1. The molecule has 1 rings (SSSR count). The molecule has 0 bridgehead atoms. The lowest BCUT2D eigenvalue weighted by atomic mass is 11.1. The van der Waals surface area contributed by atoms with Crippen LogP contribution in [0.3, 0.4) is 0 Å². The minimum absolute atomic E-state index is 0.667. The van der Waals surface area contributed by atoms with Gasteiger partial charge in [-0.1, -0.05) is 27.7 Å². The van der Waals surface area contributed by atoms with Crippen molar-refractivity contribution in [3.05, 3.63) is 0 Å². The summed E-state index contributed by atoms with van der Waals surface area (Å²) >= 11 is 0. The Hall–Kier alpha value is 0.300. The zero-order valence-electron chi connectivity index (χ0n) is 4.57. The van der Waals surface area contributed by atoms with E-state index in [4.69, 9.17) is 0 Å². The molecule has 0 N–H and O–H groups in total. The molecule has 1 aromatic rings. The molecule has 0 aliphatic carbocycles. The zero-order valence-corrected chi connectivity index (χ0v) is 8.04. The van der Waals surface area contributed by atoms with Crippen LogP contribution in [-0.2, 0) is 0 Å². The molecule has 0 radical (unpaired) electrons. The number of hydrogen-bond acceptors (Lipinski definition) is 3. The van der Waals surface area contributed by atoms with Crippen LogP contribution in [0.1, 0.15) is 0 Å². The predicted molar refractivity (Wildman–Crippen MR) is 47.9 cm³/mol. The molecule has 0 aliphatic heterocycles. The number of hydrogen-bond donors (Lipinski definition) is 0. The van der Waals surface area contributed by atoms with E-state index in [0.717, 1.165) is 0 Å². The van der Waals surface area contributed by atoms with Crippen molar-refractivity contribution in [3.8, 4) is 0 Å². The molecule has 3 nitrogen and oxygen atoms in total. The minimum Gasteiger partial charge on any atom is -0.210 e. The maximum Gasteiger partial charge on any atom is 0.149 e. The van der Waals surface area contributed by atoms with Crippen LogP contribution in [0.4, 0.5) is 0 Å². The highest BCUT2D eigenvalue weighted by atomic mass is 31.0. The van der Waals surface area contributed by atoms with Gasteiger partial charge in [0, 0.05) is 0 Å². The summed E-state index contributed by atoms with van der Waals surface area (Å²) in [5.41, 5.74) is 2.00. The Bertz CT molecular complexity index is 175. The number of aromatic nitrogens is 3. The van der Waals surface area contributed by atoms with E-state index in [1.54, 1.807) is 0 Å². The van der Waals surface area contributed by atoms with Gasteiger partial charge in [0.2, 0.25) is 0 Å². The van der Waals surface area contributed by atoms with Crippen molar-refractivity contribution in [2.45, 2.75) is 0 Å². The molecule has 1 heterocycles. The molecular weight excluding hydrogens is 171 g/mol. The van der Waals surface area contributed by atoms with Crippen molar-refractivity contribution in [2.75, 3.05) is 0 Å². The Morgan fingerprint density at radius 1 is 0.667 bits per heavy atom. The Morgan fingerprint density at radius 2 is 0.889 bits per heavy atom. The fourth-order valence-corrected chi connectivity index (χ4v) is 1.67. The molecule has 48 valence electrons. The van der Waals surface area contributed by atoms with Crippen molar-refractivity contribution in [1.29, 1.82) is 0 Å². The first kappa shape index (κ1) is 7.41. The third kappa shape index (κ3) is 2.18. The first-order valence-electron chi connectivity index (χ1n) is 2.21. The second-order valence-electron chi connectivity index (χ2n) is 1.41. The summed E-state index contributed by atoms with van der Waals surface area (Å²) in [6.45, 7) is 0. The summed E-state index contributed by atoms with van der Waals surface area (Å²) in [5.74, 6) is 0. The highest BCUT2D eigenvalue weighted by Gasteiger charge is 1.92. The quantitative estimate of drug-likeness (QED) is 0.447. The van der Waals surface area contributed by atoms with Crippen LogP contribution in [0, 0.1) is 0 Å². The Balaban J connectivity index is 3.17. The van der Waals surface area contributed by atoms with Gasteiger partial charge in [0.05, 0.1) is 0 Å². The zero-order chi connectivity index (χ0) is 6.85. The predicted octanol–water partition coefficient (Wildman–Crippen LogP) is -1.63. The highest BCUT2D eigenvalue weighted by Crippen LogP contribution is 1.80. The molecule has 3 unspecified atom stereocenters. The third-order valence-electron chi connectivity index (χ3n) is 0.687. The summed E-state index contributed by atoms with van der Waals surface area (Å²) in [7, 11) is 7.23. The van der Waals surface area contributed by atoms with E-state index in [9.17, 15) is 0 Å².